The van der Waals surface area contributed by atoms with Crippen LogP contribution in [0, 0.1) is 29.1 Å². The van der Waals surface area contributed by atoms with E-state index in [1.807, 2.05) is 0 Å². The van der Waals surface area contributed by atoms with Gasteiger partial charge in [0, 0.05) is 35.8 Å². The van der Waals surface area contributed by atoms with Crippen LogP contribution in [0.1, 0.15) is 24.1 Å². The van der Waals surface area contributed by atoms with Crippen molar-refractivity contribution < 1.29 is 22.0 Å². The summed E-state index contributed by atoms with van der Waals surface area (Å²) >= 11 is 0. The zero-order valence-corrected chi connectivity index (χ0v) is 11.1. The highest BCUT2D eigenvalue weighted by Crippen LogP contribution is 2.19. The van der Waals surface area contributed by atoms with Crippen molar-refractivity contribution in [1.29, 1.82) is 0 Å². The molecule has 0 saturated heterocycles. The monoisotopic (exact) mass is 301 g/mol. The molecule has 0 heterocycles. The molecule has 1 unspecified atom stereocenters. The van der Waals surface area contributed by atoms with Crippen LogP contribution in [-0.4, -0.2) is 0 Å². The van der Waals surface area contributed by atoms with Gasteiger partial charge in [-0.3, -0.25) is 0 Å². The first-order valence-corrected chi connectivity index (χ1v) is 6.20. The van der Waals surface area contributed by atoms with Crippen molar-refractivity contribution >= 4 is 0 Å². The predicted octanol–water partition coefficient (Wildman–Crippen LogP) is 4.23. The minimum Gasteiger partial charge on any atom is -0.306 e. The van der Waals surface area contributed by atoms with Crippen LogP contribution in [0.3, 0.4) is 0 Å². The maximum atomic E-state index is 13.6. The minimum atomic E-state index is -1.27. The Morgan fingerprint density at radius 2 is 1.52 bits per heavy atom. The molecule has 0 saturated carbocycles. The van der Waals surface area contributed by atoms with Crippen LogP contribution in [0.5, 0.6) is 0 Å². The van der Waals surface area contributed by atoms with Crippen LogP contribution in [0.15, 0.2) is 30.3 Å². The maximum absolute atomic E-state index is 13.6. The van der Waals surface area contributed by atoms with E-state index in [1.165, 1.54) is 6.07 Å². The molecule has 1 N–H and O–H groups in total. The number of nitrogens with one attached hydrogen (secondary N) is 1. The Labute approximate surface area is 118 Å². The second-order valence-corrected chi connectivity index (χ2v) is 4.63. The molecule has 2 aromatic carbocycles. The lowest BCUT2D eigenvalue weighted by molar-refractivity contribution is 0.478. The Hall–Kier alpha value is -1.95. The molecule has 0 bridgehead atoms. The lowest BCUT2D eigenvalue weighted by atomic mass is 10.1. The van der Waals surface area contributed by atoms with E-state index in [2.05, 4.69) is 5.32 Å². The van der Waals surface area contributed by atoms with Crippen LogP contribution in [0.25, 0.3) is 0 Å². The predicted molar refractivity (Wildman–Crippen MR) is 67.9 cm³/mol. The Balaban J connectivity index is 2.11. The third-order valence-corrected chi connectivity index (χ3v) is 3.12. The molecule has 0 aromatic heterocycles. The third kappa shape index (κ3) is 3.58. The Kier molecular flexibility index (Phi) is 4.57. The Bertz CT molecular complexity index is 657. The van der Waals surface area contributed by atoms with Crippen molar-refractivity contribution in [3.63, 3.8) is 0 Å². The van der Waals surface area contributed by atoms with Gasteiger partial charge in [-0.1, -0.05) is 6.07 Å². The number of benzene rings is 2. The fourth-order valence-corrected chi connectivity index (χ4v) is 1.92. The SMILES string of the molecule is CC(NCc1cc(F)c(F)cc1F)c1ccc(F)cc1F. The summed E-state index contributed by atoms with van der Waals surface area (Å²) in [6.07, 6.45) is 0. The lowest BCUT2D eigenvalue weighted by Gasteiger charge is -2.15. The van der Waals surface area contributed by atoms with Crippen LogP contribution in [-0.2, 0) is 6.54 Å². The smallest absolute Gasteiger partial charge is 0.161 e. The minimum absolute atomic E-state index is 0.0803. The highest BCUT2D eigenvalue weighted by Gasteiger charge is 2.14. The molecule has 1 nitrogen and oxygen atoms in total. The second kappa shape index (κ2) is 6.22. The van der Waals surface area contributed by atoms with Crippen molar-refractivity contribution in [2.75, 3.05) is 0 Å². The molecule has 0 aliphatic heterocycles. The number of halogens is 5. The standard InChI is InChI=1S/C15H12F5N/c1-8(11-3-2-10(16)5-13(11)18)21-7-9-4-14(19)15(20)6-12(9)17/h2-6,8,21H,7H2,1H3. The van der Waals surface area contributed by atoms with Crippen LogP contribution in [0.2, 0.25) is 0 Å². The normalized spacial score (nSPS) is 12.5. The van der Waals surface area contributed by atoms with Gasteiger partial charge in [0.1, 0.15) is 17.5 Å². The molecule has 1 atom stereocenters. The molecule has 0 aliphatic carbocycles. The maximum Gasteiger partial charge on any atom is 0.161 e. The van der Waals surface area contributed by atoms with Crippen molar-refractivity contribution in [3.05, 3.63) is 70.5 Å². The lowest BCUT2D eigenvalue weighted by Crippen LogP contribution is -2.20. The van der Waals surface area contributed by atoms with Crippen molar-refractivity contribution in [2.45, 2.75) is 19.5 Å². The van der Waals surface area contributed by atoms with Crippen molar-refractivity contribution in [3.8, 4) is 0 Å². The third-order valence-electron chi connectivity index (χ3n) is 3.12. The molecule has 2 aromatic rings. The summed E-state index contributed by atoms with van der Waals surface area (Å²) in [4.78, 5) is 0. The van der Waals surface area contributed by atoms with E-state index in [-0.39, 0.29) is 17.7 Å². The number of hydrogen-bond donors (Lipinski definition) is 1. The molecule has 21 heavy (non-hydrogen) atoms. The quantitative estimate of drug-likeness (QED) is 0.658. The Morgan fingerprint density at radius 3 is 2.19 bits per heavy atom. The average Bonchev–Trinajstić information content (AvgIpc) is 2.41. The number of rotatable bonds is 4. The van der Waals surface area contributed by atoms with Gasteiger partial charge in [0.2, 0.25) is 0 Å². The largest absolute Gasteiger partial charge is 0.306 e. The summed E-state index contributed by atoms with van der Waals surface area (Å²) in [6.45, 7) is 1.47. The molecule has 0 fully saturated rings. The summed E-state index contributed by atoms with van der Waals surface area (Å²) in [5.74, 6) is -4.76. The van der Waals surface area contributed by atoms with Gasteiger partial charge in [-0.15, -0.1) is 0 Å². The van der Waals surface area contributed by atoms with E-state index in [0.717, 1.165) is 18.2 Å². The van der Waals surface area contributed by atoms with Gasteiger partial charge >= 0.3 is 0 Å². The van der Waals surface area contributed by atoms with Gasteiger partial charge in [0.15, 0.2) is 11.6 Å². The molecule has 0 amide bonds. The van der Waals surface area contributed by atoms with Gasteiger partial charge in [0.05, 0.1) is 0 Å². The van der Waals surface area contributed by atoms with Gasteiger partial charge in [-0.05, 0) is 19.1 Å². The first-order chi connectivity index (χ1) is 9.88. The van der Waals surface area contributed by atoms with E-state index < -0.39 is 35.1 Å². The first kappa shape index (κ1) is 15.4. The first-order valence-electron chi connectivity index (χ1n) is 6.20. The molecule has 2 rings (SSSR count). The zero-order chi connectivity index (χ0) is 15.6. The van der Waals surface area contributed by atoms with Crippen molar-refractivity contribution in [2.24, 2.45) is 0 Å². The second-order valence-electron chi connectivity index (χ2n) is 4.63. The summed E-state index contributed by atoms with van der Waals surface area (Å²) < 4.78 is 65.7. The summed E-state index contributed by atoms with van der Waals surface area (Å²) in [6, 6.07) is 3.75. The molecule has 0 radical (unpaired) electrons. The van der Waals surface area contributed by atoms with E-state index >= 15 is 0 Å². The van der Waals surface area contributed by atoms with Gasteiger partial charge < -0.3 is 5.32 Å². The van der Waals surface area contributed by atoms with E-state index in [9.17, 15) is 22.0 Å². The van der Waals surface area contributed by atoms with E-state index in [4.69, 9.17) is 0 Å². The molecular weight excluding hydrogens is 289 g/mol. The molecule has 0 aliphatic rings. The fraction of sp³-hybridized carbons (Fsp3) is 0.200. The van der Waals surface area contributed by atoms with E-state index in [1.54, 1.807) is 6.92 Å². The molecule has 0 spiro atoms. The van der Waals surface area contributed by atoms with Gasteiger partial charge in [-0.2, -0.15) is 0 Å². The van der Waals surface area contributed by atoms with Gasteiger partial charge in [0.25, 0.3) is 0 Å². The van der Waals surface area contributed by atoms with Crippen LogP contribution >= 0.6 is 0 Å². The zero-order valence-electron chi connectivity index (χ0n) is 11.1. The highest BCUT2D eigenvalue weighted by molar-refractivity contribution is 5.23. The van der Waals surface area contributed by atoms with Crippen molar-refractivity contribution in [1.82, 2.24) is 5.32 Å². The number of hydrogen-bond acceptors (Lipinski definition) is 1. The van der Waals surface area contributed by atoms with Gasteiger partial charge in [-0.25, -0.2) is 22.0 Å². The summed E-state index contributed by atoms with van der Waals surface area (Å²) in [5, 5.41) is 2.77. The fourth-order valence-electron chi connectivity index (χ4n) is 1.92. The molecular formula is C15H12F5N. The van der Waals surface area contributed by atoms with Crippen LogP contribution in [0.4, 0.5) is 22.0 Å². The van der Waals surface area contributed by atoms with E-state index in [0.29, 0.717) is 6.07 Å². The molecule has 6 heteroatoms. The van der Waals surface area contributed by atoms with Crippen LogP contribution < -0.4 is 5.32 Å². The highest BCUT2D eigenvalue weighted by atomic mass is 19.2. The summed E-state index contributed by atoms with van der Waals surface area (Å²) in [7, 11) is 0. The topological polar surface area (TPSA) is 12.0 Å². The Morgan fingerprint density at radius 1 is 0.857 bits per heavy atom. The molecule has 112 valence electrons. The summed E-state index contributed by atoms with van der Waals surface area (Å²) in [5.41, 5.74) is 0.114. The average molecular weight is 301 g/mol.